The SMILES string of the molecule is COC(=O)[C@@H](NC(=O)N[C@@H](Cc1cccc(Cl)c1)C(=O)CC1CCCCNC(=O)/C=C/[C@H](Cc2cccc(F)c2)NC1=O)C(C)C. The Kier molecular flexibility index (Phi) is 14.2. The van der Waals surface area contributed by atoms with Crippen LogP contribution in [0.5, 0.6) is 0 Å². The first-order valence-corrected chi connectivity index (χ1v) is 15.8. The van der Waals surface area contributed by atoms with Crippen LogP contribution < -0.4 is 21.3 Å². The van der Waals surface area contributed by atoms with E-state index in [2.05, 4.69) is 21.3 Å². The Hall–Kier alpha value is -4.25. The number of esters is 1. The van der Waals surface area contributed by atoms with Gasteiger partial charge in [0.2, 0.25) is 11.8 Å². The first-order chi connectivity index (χ1) is 21.9. The number of hydrogen-bond acceptors (Lipinski definition) is 6. The number of urea groups is 1. The number of ether oxygens (including phenoxy) is 1. The molecule has 0 saturated carbocycles. The van der Waals surface area contributed by atoms with Gasteiger partial charge in [0.25, 0.3) is 0 Å². The molecule has 1 unspecified atom stereocenters. The Labute approximate surface area is 273 Å². The summed E-state index contributed by atoms with van der Waals surface area (Å²) in [5, 5.41) is 11.5. The highest BCUT2D eigenvalue weighted by Gasteiger charge is 2.31. The summed E-state index contributed by atoms with van der Waals surface area (Å²) >= 11 is 6.18. The maximum absolute atomic E-state index is 13.9. The van der Waals surface area contributed by atoms with E-state index in [1.165, 1.54) is 25.3 Å². The third-order valence-electron chi connectivity index (χ3n) is 7.68. The summed E-state index contributed by atoms with van der Waals surface area (Å²) in [6.45, 7) is 3.90. The molecule has 4 atom stereocenters. The van der Waals surface area contributed by atoms with Gasteiger partial charge >= 0.3 is 12.0 Å². The molecule has 12 heteroatoms. The van der Waals surface area contributed by atoms with Crippen molar-refractivity contribution in [2.75, 3.05) is 13.7 Å². The largest absolute Gasteiger partial charge is 0.467 e. The summed E-state index contributed by atoms with van der Waals surface area (Å²) in [7, 11) is 1.23. The zero-order valence-corrected chi connectivity index (χ0v) is 27.1. The van der Waals surface area contributed by atoms with Crippen molar-refractivity contribution in [2.24, 2.45) is 11.8 Å². The zero-order chi connectivity index (χ0) is 33.6. The van der Waals surface area contributed by atoms with E-state index in [4.69, 9.17) is 16.3 Å². The predicted molar refractivity (Wildman–Crippen MR) is 172 cm³/mol. The molecule has 0 bridgehead atoms. The number of halogens is 2. The van der Waals surface area contributed by atoms with E-state index < -0.39 is 47.8 Å². The molecule has 0 spiro atoms. The molecule has 1 aliphatic rings. The fourth-order valence-electron chi connectivity index (χ4n) is 5.20. The molecule has 2 aromatic rings. The zero-order valence-electron chi connectivity index (χ0n) is 26.3. The van der Waals surface area contributed by atoms with Crippen molar-refractivity contribution < 1.29 is 33.1 Å². The molecule has 248 valence electrons. The smallest absolute Gasteiger partial charge is 0.328 e. The molecule has 46 heavy (non-hydrogen) atoms. The molecular formula is C34H42ClFN4O6. The van der Waals surface area contributed by atoms with Crippen molar-refractivity contribution >= 4 is 41.2 Å². The van der Waals surface area contributed by atoms with Crippen LogP contribution in [0.25, 0.3) is 0 Å². The van der Waals surface area contributed by atoms with Gasteiger partial charge in [0.1, 0.15) is 11.9 Å². The minimum atomic E-state index is -1.04. The summed E-state index contributed by atoms with van der Waals surface area (Å²) in [4.78, 5) is 65.1. The van der Waals surface area contributed by atoms with Crippen LogP contribution in [-0.2, 0) is 36.8 Å². The van der Waals surface area contributed by atoms with Crippen molar-refractivity contribution in [3.63, 3.8) is 0 Å². The molecule has 4 N–H and O–H groups in total. The molecule has 0 saturated heterocycles. The average Bonchev–Trinajstić information content (AvgIpc) is 3.00. The van der Waals surface area contributed by atoms with Crippen molar-refractivity contribution in [1.29, 1.82) is 0 Å². The number of carbonyl (C=O) groups is 5. The summed E-state index contributed by atoms with van der Waals surface area (Å²) in [5.74, 6) is -3.13. The van der Waals surface area contributed by atoms with Crippen LogP contribution in [0.1, 0.15) is 50.7 Å². The van der Waals surface area contributed by atoms with Crippen LogP contribution in [-0.4, -0.2) is 61.4 Å². The van der Waals surface area contributed by atoms with Gasteiger partial charge in [-0.1, -0.05) is 62.2 Å². The van der Waals surface area contributed by atoms with Gasteiger partial charge < -0.3 is 26.0 Å². The summed E-state index contributed by atoms with van der Waals surface area (Å²) < 4.78 is 18.7. The van der Waals surface area contributed by atoms with E-state index in [1.807, 2.05) is 0 Å². The normalized spacial score (nSPS) is 19.3. The van der Waals surface area contributed by atoms with Gasteiger partial charge in [-0.25, -0.2) is 14.0 Å². The lowest BCUT2D eigenvalue weighted by atomic mass is 9.90. The number of hydrogen-bond donors (Lipinski definition) is 4. The number of rotatable bonds is 11. The van der Waals surface area contributed by atoms with Gasteiger partial charge in [0.05, 0.1) is 19.2 Å². The third kappa shape index (κ3) is 11.9. The van der Waals surface area contributed by atoms with Gasteiger partial charge in [0, 0.05) is 30.0 Å². The lowest BCUT2D eigenvalue weighted by Crippen LogP contribution is -2.53. The highest BCUT2D eigenvalue weighted by molar-refractivity contribution is 6.30. The molecule has 1 heterocycles. The number of Topliss-reactive ketones (excluding diaryl/α,β-unsaturated/α-hetero) is 1. The van der Waals surface area contributed by atoms with E-state index >= 15 is 0 Å². The Balaban J connectivity index is 1.83. The fourth-order valence-corrected chi connectivity index (χ4v) is 5.41. The number of carbonyl (C=O) groups excluding carboxylic acids is 5. The fraction of sp³-hybridized carbons (Fsp3) is 0.441. The van der Waals surface area contributed by atoms with Crippen LogP contribution in [0.2, 0.25) is 5.02 Å². The van der Waals surface area contributed by atoms with Gasteiger partial charge in [-0.3, -0.25) is 14.4 Å². The van der Waals surface area contributed by atoms with E-state index in [0.29, 0.717) is 42.0 Å². The highest BCUT2D eigenvalue weighted by Crippen LogP contribution is 2.19. The molecular weight excluding hydrogens is 615 g/mol. The summed E-state index contributed by atoms with van der Waals surface area (Å²) in [6.07, 6.45) is 4.57. The minimum absolute atomic E-state index is 0.0999. The highest BCUT2D eigenvalue weighted by atomic mass is 35.5. The van der Waals surface area contributed by atoms with Gasteiger partial charge in [0.15, 0.2) is 5.78 Å². The second kappa shape index (κ2) is 18.0. The predicted octanol–water partition coefficient (Wildman–Crippen LogP) is 4.05. The van der Waals surface area contributed by atoms with Crippen molar-refractivity contribution in [1.82, 2.24) is 21.3 Å². The summed E-state index contributed by atoms with van der Waals surface area (Å²) in [6, 6.07) is 9.50. The van der Waals surface area contributed by atoms with E-state index in [1.54, 1.807) is 56.3 Å². The molecule has 0 aromatic heterocycles. The van der Waals surface area contributed by atoms with E-state index in [-0.39, 0.29) is 36.9 Å². The van der Waals surface area contributed by atoms with Crippen LogP contribution >= 0.6 is 11.6 Å². The lowest BCUT2D eigenvalue weighted by Gasteiger charge is -2.25. The first-order valence-electron chi connectivity index (χ1n) is 15.4. The number of ketones is 1. The van der Waals surface area contributed by atoms with Crippen molar-refractivity contribution in [3.8, 4) is 0 Å². The van der Waals surface area contributed by atoms with Crippen LogP contribution in [0.3, 0.4) is 0 Å². The topological polar surface area (TPSA) is 143 Å². The molecule has 4 amide bonds. The molecule has 1 aliphatic heterocycles. The lowest BCUT2D eigenvalue weighted by molar-refractivity contribution is -0.144. The monoisotopic (exact) mass is 656 g/mol. The molecule has 0 fully saturated rings. The standard InChI is InChI=1S/C34H42ClFN4O6/c1-21(2)31(33(44)46-3)40-34(45)39-28(19-22-8-6-11-25(35)16-22)29(41)20-24-10-4-5-15-37-30(42)14-13-27(38-32(24)43)18-23-9-7-12-26(36)17-23/h6-9,11-14,16-17,21,24,27-28,31H,4-5,10,15,18-20H2,1-3H3,(H,37,42)(H,38,43)(H2,39,40,45)/b14-13+/t24?,27-,28+,31+/m1/s1. The van der Waals surface area contributed by atoms with Gasteiger partial charge in [-0.05, 0) is 67.0 Å². The quantitative estimate of drug-likeness (QED) is 0.269. The summed E-state index contributed by atoms with van der Waals surface area (Å²) in [5.41, 5.74) is 1.32. The van der Waals surface area contributed by atoms with Crippen LogP contribution in [0.4, 0.5) is 9.18 Å². The maximum Gasteiger partial charge on any atom is 0.328 e. The molecule has 10 nitrogen and oxygen atoms in total. The van der Waals surface area contributed by atoms with Crippen LogP contribution in [0, 0.1) is 17.7 Å². The van der Waals surface area contributed by atoms with Gasteiger partial charge in [-0.15, -0.1) is 0 Å². The van der Waals surface area contributed by atoms with Crippen molar-refractivity contribution in [2.45, 2.75) is 70.5 Å². The Morgan fingerprint density at radius 3 is 2.48 bits per heavy atom. The second-order valence-electron chi connectivity index (χ2n) is 11.7. The molecule has 0 radical (unpaired) electrons. The average molecular weight is 657 g/mol. The molecule has 2 aromatic carbocycles. The Bertz CT molecular complexity index is 1420. The van der Waals surface area contributed by atoms with Gasteiger partial charge in [-0.2, -0.15) is 0 Å². The van der Waals surface area contributed by atoms with Crippen LogP contribution in [0.15, 0.2) is 60.7 Å². The molecule has 3 rings (SSSR count). The number of benzene rings is 2. The van der Waals surface area contributed by atoms with Crippen molar-refractivity contribution in [3.05, 3.63) is 82.6 Å². The number of methoxy groups -OCH3 is 1. The second-order valence-corrected chi connectivity index (χ2v) is 12.1. The number of amides is 4. The third-order valence-corrected chi connectivity index (χ3v) is 7.92. The first kappa shape index (κ1) is 36.2. The maximum atomic E-state index is 13.9. The Morgan fingerprint density at radius 1 is 1.04 bits per heavy atom. The van der Waals surface area contributed by atoms with E-state index in [0.717, 1.165) is 0 Å². The van der Waals surface area contributed by atoms with E-state index in [9.17, 15) is 28.4 Å². The molecule has 0 aliphatic carbocycles. The number of nitrogens with one attached hydrogen (secondary N) is 4. The Morgan fingerprint density at radius 2 is 1.78 bits per heavy atom. The minimum Gasteiger partial charge on any atom is -0.467 e.